The van der Waals surface area contributed by atoms with E-state index in [1.165, 1.54) is 57.6 Å². The predicted molar refractivity (Wildman–Crippen MR) is 177 cm³/mol. The lowest BCUT2D eigenvalue weighted by atomic mass is 10.1. The van der Waals surface area contributed by atoms with Gasteiger partial charge in [-0.2, -0.15) is 0 Å². The van der Waals surface area contributed by atoms with E-state index in [-0.39, 0.29) is 40.5 Å². The molecule has 0 heterocycles. The molecule has 1 N–H and O–H groups in total. The number of aryl methyl sites for hydroxylation is 1. The van der Waals surface area contributed by atoms with Gasteiger partial charge >= 0.3 is 0 Å². The quantitative estimate of drug-likeness (QED) is 0.233. The molecule has 46 heavy (non-hydrogen) atoms. The van der Waals surface area contributed by atoms with Crippen LogP contribution in [0.25, 0.3) is 0 Å². The zero-order chi connectivity index (χ0) is 34.0. The van der Waals surface area contributed by atoms with Crippen molar-refractivity contribution in [2.24, 2.45) is 5.92 Å². The summed E-state index contributed by atoms with van der Waals surface area (Å²) in [5.41, 5.74) is 1.85. The number of amides is 2. The van der Waals surface area contributed by atoms with Gasteiger partial charge in [0.15, 0.2) is 11.5 Å². The van der Waals surface area contributed by atoms with Crippen LogP contribution in [0.4, 0.5) is 5.69 Å². The smallest absolute Gasteiger partial charge is 0.265 e. The Labute approximate surface area is 272 Å². The number of nitrogens with zero attached hydrogens (tertiary/aromatic N) is 2. The minimum atomic E-state index is -4.44. The summed E-state index contributed by atoms with van der Waals surface area (Å²) in [5.74, 6) is 0.392. The van der Waals surface area contributed by atoms with Crippen LogP contribution >= 0.6 is 0 Å². The third kappa shape index (κ3) is 8.42. The SMILES string of the molecule is CC[C@@H](C(=O)NCC(C)C)N(Cc1ccccc1C)C(=O)CN(c1cc(OC)ccc1OC)S(=O)(=O)c1ccc(OC)c(OC)c1. The summed E-state index contributed by atoms with van der Waals surface area (Å²) in [5, 5.41) is 2.94. The fraction of sp³-hybridized carbons (Fsp3) is 0.412. The van der Waals surface area contributed by atoms with E-state index in [1.54, 1.807) is 12.1 Å². The van der Waals surface area contributed by atoms with Crippen LogP contribution < -0.4 is 28.6 Å². The van der Waals surface area contributed by atoms with Crippen molar-refractivity contribution in [2.75, 3.05) is 45.8 Å². The molecule has 0 spiro atoms. The molecule has 11 nitrogen and oxygen atoms in total. The highest BCUT2D eigenvalue weighted by atomic mass is 32.2. The summed E-state index contributed by atoms with van der Waals surface area (Å²) in [4.78, 5) is 29.3. The van der Waals surface area contributed by atoms with Crippen LogP contribution in [-0.4, -0.2) is 72.7 Å². The van der Waals surface area contributed by atoms with Crippen molar-refractivity contribution in [3.8, 4) is 23.0 Å². The number of anilines is 1. The first-order chi connectivity index (χ1) is 21.9. The Bertz CT molecular complexity index is 1610. The van der Waals surface area contributed by atoms with Crippen LogP contribution in [0.5, 0.6) is 23.0 Å². The molecule has 0 bridgehead atoms. The zero-order valence-corrected chi connectivity index (χ0v) is 28.6. The zero-order valence-electron chi connectivity index (χ0n) is 27.8. The second kappa shape index (κ2) is 16.2. The van der Waals surface area contributed by atoms with E-state index >= 15 is 0 Å². The molecule has 0 saturated carbocycles. The number of hydrogen-bond acceptors (Lipinski definition) is 8. The largest absolute Gasteiger partial charge is 0.497 e. The van der Waals surface area contributed by atoms with Gasteiger partial charge in [0.05, 0.1) is 39.0 Å². The molecule has 0 radical (unpaired) electrons. The number of carbonyl (C=O) groups is 2. The first-order valence-electron chi connectivity index (χ1n) is 15.0. The molecule has 3 rings (SSSR count). The number of hydrogen-bond donors (Lipinski definition) is 1. The van der Waals surface area contributed by atoms with Gasteiger partial charge in [0.25, 0.3) is 10.0 Å². The third-order valence-corrected chi connectivity index (χ3v) is 9.30. The Morgan fingerprint density at radius 2 is 1.50 bits per heavy atom. The number of rotatable bonds is 16. The van der Waals surface area contributed by atoms with E-state index in [1.807, 2.05) is 52.0 Å². The second-order valence-electron chi connectivity index (χ2n) is 11.1. The summed E-state index contributed by atoms with van der Waals surface area (Å²) in [6.45, 7) is 7.60. The van der Waals surface area contributed by atoms with Crippen molar-refractivity contribution in [2.45, 2.75) is 51.6 Å². The van der Waals surface area contributed by atoms with Crippen molar-refractivity contribution in [1.82, 2.24) is 10.2 Å². The van der Waals surface area contributed by atoms with E-state index < -0.39 is 28.5 Å². The second-order valence-corrected chi connectivity index (χ2v) is 12.9. The fourth-order valence-corrected chi connectivity index (χ4v) is 6.35. The van der Waals surface area contributed by atoms with Gasteiger partial charge in [-0.15, -0.1) is 0 Å². The van der Waals surface area contributed by atoms with Crippen molar-refractivity contribution >= 4 is 27.5 Å². The number of nitrogens with one attached hydrogen (secondary N) is 1. The van der Waals surface area contributed by atoms with Crippen molar-refractivity contribution < 1.29 is 37.0 Å². The summed E-state index contributed by atoms with van der Waals surface area (Å²) < 4.78 is 51.6. The standard InChI is InChI=1S/C34H45N3O8S/c1-9-28(34(39)35-20-23(2)3)36(21-25-13-11-10-12-24(25)4)33(38)22-37(29-18-26(42-5)14-16-30(29)43-6)46(40,41)27-15-17-31(44-7)32(19-27)45-8/h10-19,23,28H,9,20-22H2,1-8H3,(H,35,39)/t28-/m0/s1. The summed E-state index contributed by atoms with van der Waals surface area (Å²) in [7, 11) is 1.27. The average Bonchev–Trinajstić information content (AvgIpc) is 3.05. The van der Waals surface area contributed by atoms with Crippen molar-refractivity contribution in [3.05, 3.63) is 71.8 Å². The molecule has 0 unspecified atom stereocenters. The van der Waals surface area contributed by atoms with Gasteiger partial charge in [-0.3, -0.25) is 13.9 Å². The molecule has 0 aromatic heterocycles. The number of ether oxygens (including phenoxy) is 4. The summed E-state index contributed by atoms with van der Waals surface area (Å²) in [6, 6.07) is 15.6. The topological polar surface area (TPSA) is 124 Å². The van der Waals surface area contributed by atoms with Crippen LogP contribution in [0.3, 0.4) is 0 Å². The highest BCUT2D eigenvalue weighted by molar-refractivity contribution is 7.92. The monoisotopic (exact) mass is 655 g/mol. The molecule has 0 aliphatic heterocycles. The lowest BCUT2D eigenvalue weighted by Gasteiger charge is -2.34. The van der Waals surface area contributed by atoms with Crippen LogP contribution in [0.15, 0.2) is 65.6 Å². The summed E-state index contributed by atoms with van der Waals surface area (Å²) >= 11 is 0. The Kier molecular flexibility index (Phi) is 12.7. The molecule has 0 saturated heterocycles. The number of carbonyl (C=O) groups excluding carboxylic acids is 2. The van der Waals surface area contributed by atoms with Gasteiger partial charge < -0.3 is 29.2 Å². The van der Waals surface area contributed by atoms with E-state index in [9.17, 15) is 18.0 Å². The minimum Gasteiger partial charge on any atom is -0.497 e. The molecule has 0 aliphatic rings. The van der Waals surface area contributed by atoms with E-state index in [0.29, 0.717) is 24.5 Å². The van der Waals surface area contributed by atoms with Gasteiger partial charge in [-0.25, -0.2) is 8.42 Å². The van der Waals surface area contributed by atoms with Gasteiger partial charge in [-0.1, -0.05) is 45.0 Å². The Morgan fingerprint density at radius 3 is 2.09 bits per heavy atom. The summed E-state index contributed by atoms with van der Waals surface area (Å²) in [6.07, 6.45) is 0.312. The lowest BCUT2D eigenvalue weighted by Crippen LogP contribution is -2.52. The molecular weight excluding hydrogens is 610 g/mol. The molecule has 3 aromatic carbocycles. The number of benzene rings is 3. The van der Waals surface area contributed by atoms with Gasteiger partial charge in [-0.05, 0) is 54.7 Å². The van der Waals surface area contributed by atoms with Crippen LogP contribution in [-0.2, 0) is 26.2 Å². The molecular formula is C34H45N3O8S. The maximum atomic E-state index is 14.5. The van der Waals surface area contributed by atoms with Crippen LogP contribution in [0.1, 0.15) is 38.3 Å². The van der Waals surface area contributed by atoms with Gasteiger partial charge in [0.1, 0.15) is 24.1 Å². The van der Waals surface area contributed by atoms with Crippen LogP contribution in [0.2, 0.25) is 0 Å². The molecule has 12 heteroatoms. The van der Waals surface area contributed by atoms with Gasteiger partial charge in [0.2, 0.25) is 11.8 Å². The first kappa shape index (κ1) is 36.0. The maximum absolute atomic E-state index is 14.5. The molecule has 0 fully saturated rings. The van der Waals surface area contributed by atoms with E-state index in [0.717, 1.165) is 15.4 Å². The lowest BCUT2D eigenvalue weighted by molar-refractivity contribution is -0.140. The predicted octanol–water partition coefficient (Wildman–Crippen LogP) is 4.80. The molecule has 250 valence electrons. The number of sulfonamides is 1. The average molecular weight is 656 g/mol. The van der Waals surface area contributed by atoms with E-state index in [4.69, 9.17) is 18.9 Å². The highest BCUT2D eigenvalue weighted by Crippen LogP contribution is 2.38. The number of methoxy groups -OCH3 is 4. The van der Waals surface area contributed by atoms with E-state index in [2.05, 4.69) is 5.32 Å². The van der Waals surface area contributed by atoms with Gasteiger partial charge in [0, 0.05) is 25.2 Å². The molecule has 0 aliphatic carbocycles. The Hall–Kier alpha value is -4.45. The fourth-order valence-electron chi connectivity index (χ4n) is 4.92. The highest BCUT2D eigenvalue weighted by Gasteiger charge is 2.35. The first-order valence-corrected chi connectivity index (χ1v) is 16.4. The maximum Gasteiger partial charge on any atom is 0.265 e. The molecule has 1 atom stereocenters. The minimum absolute atomic E-state index is 0.0816. The molecule has 3 aromatic rings. The van der Waals surface area contributed by atoms with Crippen LogP contribution in [0, 0.1) is 12.8 Å². The Morgan fingerprint density at radius 1 is 0.848 bits per heavy atom. The van der Waals surface area contributed by atoms with Crippen molar-refractivity contribution in [3.63, 3.8) is 0 Å². The Balaban J connectivity index is 2.20. The molecule has 2 amide bonds. The normalized spacial score (nSPS) is 11.8. The van der Waals surface area contributed by atoms with Crippen molar-refractivity contribution in [1.29, 1.82) is 0 Å². The third-order valence-electron chi connectivity index (χ3n) is 7.55.